The van der Waals surface area contributed by atoms with Crippen molar-refractivity contribution in [1.29, 1.82) is 0 Å². The van der Waals surface area contributed by atoms with Crippen LogP contribution in [-0.4, -0.2) is 66.2 Å². The molecule has 0 saturated carbocycles. The van der Waals surface area contributed by atoms with Crippen LogP contribution < -0.4 is 19.5 Å². The highest BCUT2D eigenvalue weighted by molar-refractivity contribution is 5.96. The summed E-state index contributed by atoms with van der Waals surface area (Å²) in [6.07, 6.45) is 4.78. The van der Waals surface area contributed by atoms with E-state index in [-0.39, 0.29) is 17.8 Å². The van der Waals surface area contributed by atoms with Gasteiger partial charge in [-0.15, -0.1) is 0 Å². The van der Waals surface area contributed by atoms with E-state index in [1.165, 1.54) is 14.2 Å². The van der Waals surface area contributed by atoms with Crippen LogP contribution in [0.3, 0.4) is 0 Å². The Balaban J connectivity index is 1.63. The molecule has 9 nitrogen and oxygen atoms in total. The lowest BCUT2D eigenvalue weighted by Gasteiger charge is -2.32. The molecule has 1 aliphatic rings. The summed E-state index contributed by atoms with van der Waals surface area (Å²) in [5, 5.41) is 3.35. The predicted molar refractivity (Wildman–Crippen MR) is 98.5 cm³/mol. The summed E-state index contributed by atoms with van der Waals surface area (Å²) in [6.45, 7) is 1.24. The van der Waals surface area contributed by atoms with Crippen LogP contribution in [0.15, 0.2) is 24.5 Å². The lowest BCUT2D eigenvalue weighted by Crippen LogP contribution is -2.42. The molecule has 0 atom stereocenters. The fourth-order valence-electron chi connectivity index (χ4n) is 3.02. The van der Waals surface area contributed by atoms with Crippen molar-refractivity contribution in [3.63, 3.8) is 0 Å². The number of methoxy groups -OCH3 is 3. The molecule has 0 bridgehead atoms. The number of hydrogen-bond acceptors (Lipinski definition) is 8. The molecule has 1 N–H and O–H groups in total. The minimum Gasteiger partial charge on any atom is -0.481 e. The zero-order valence-electron chi connectivity index (χ0n) is 15.6. The largest absolute Gasteiger partial charge is 0.481 e. The molecule has 0 aromatic carbocycles. The molecule has 1 fully saturated rings. The molecule has 144 valence electrons. The van der Waals surface area contributed by atoms with Gasteiger partial charge < -0.3 is 24.4 Å². The highest BCUT2D eigenvalue weighted by Gasteiger charge is 2.27. The third-order valence-electron chi connectivity index (χ3n) is 4.45. The molecule has 2 aromatic rings. The quantitative estimate of drug-likeness (QED) is 0.815. The van der Waals surface area contributed by atoms with Crippen molar-refractivity contribution >= 4 is 11.7 Å². The highest BCUT2D eigenvalue weighted by atomic mass is 16.5. The van der Waals surface area contributed by atoms with Crippen LogP contribution in [0.25, 0.3) is 0 Å². The Bertz CT molecular complexity index is 793. The molecular weight excluding hydrogens is 350 g/mol. The molecule has 0 spiro atoms. The van der Waals surface area contributed by atoms with E-state index in [2.05, 4.69) is 20.3 Å². The number of hydrogen-bond donors (Lipinski definition) is 1. The van der Waals surface area contributed by atoms with Gasteiger partial charge in [0, 0.05) is 37.6 Å². The van der Waals surface area contributed by atoms with Crippen LogP contribution in [0.4, 0.5) is 5.82 Å². The fourth-order valence-corrected chi connectivity index (χ4v) is 3.02. The SMILES string of the molecule is COc1ccc(C(=O)N2CCC(Nc3nccnc3OC)CC2)c(OC)n1. The van der Waals surface area contributed by atoms with E-state index in [9.17, 15) is 4.79 Å². The maximum atomic E-state index is 12.8. The first kappa shape index (κ1) is 18.7. The maximum absolute atomic E-state index is 12.8. The molecule has 1 amide bonds. The van der Waals surface area contributed by atoms with Gasteiger partial charge in [0.1, 0.15) is 5.56 Å². The zero-order valence-corrected chi connectivity index (χ0v) is 15.6. The summed E-state index contributed by atoms with van der Waals surface area (Å²) in [6, 6.07) is 3.53. The number of nitrogens with one attached hydrogen (secondary N) is 1. The van der Waals surface area contributed by atoms with Crippen LogP contribution in [-0.2, 0) is 0 Å². The summed E-state index contributed by atoms with van der Waals surface area (Å²) in [4.78, 5) is 27.2. The molecule has 0 radical (unpaired) electrons. The number of carbonyl (C=O) groups is 1. The number of aromatic nitrogens is 3. The number of ether oxygens (including phenoxy) is 3. The topological polar surface area (TPSA) is 98.7 Å². The maximum Gasteiger partial charge on any atom is 0.259 e. The van der Waals surface area contributed by atoms with Crippen molar-refractivity contribution in [1.82, 2.24) is 19.9 Å². The monoisotopic (exact) mass is 373 g/mol. The number of pyridine rings is 1. The highest BCUT2D eigenvalue weighted by Crippen LogP contribution is 2.25. The van der Waals surface area contributed by atoms with Crippen molar-refractivity contribution in [2.45, 2.75) is 18.9 Å². The zero-order chi connectivity index (χ0) is 19.2. The van der Waals surface area contributed by atoms with Gasteiger partial charge in [0.05, 0.1) is 21.3 Å². The standard InChI is InChI=1S/C18H23N5O4/c1-25-14-5-4-13(16(22-14)26-2)18(24)23-10-6-12(7-11-23)21-15-17(27-3)20-9-8-19-15/h4-5,8-9,12H,6-7,10-11H2,1-3H3,(H,19,21). The Morgan fingerprint density at radius 1 is 1.04 bits per heavy atom. The van der Waals surface area contributed by atoms with Gasteiger partial charge in [-0.3, -0.25) is 4.79 Å². The number of piperidine rings is 1. The van der Waals surface area contributed by atoms with Gasteiger partial charge in [-0.25, -0.2) is 9.97 Å². The number of amides is 1. The van der Waals surface area contributed by atoms with Crippen molar-refractivity contribution in [2.24, 2.45) is 0 Å². The number of nitrogens with zero attached hydrogens (tertiary/aromatic N) is 4. The Morgan fingerprint density at radius 2 is 1.74 bits per heavy atom. The lowest BCUT2D eigenvalue weighted by molar-refractivity contribution is 0.0714. The average molecular weight is 373 g/mol. The first-order valence-corrected chi connectivity index (χ1v) is 8.66. The molecule has 1 aliphatic heterocycles. The number of anilines is 1. The van der Waals surface area contributed by atoms with E-state index in [4.69, 9.17) is 14.2 Å². The summed E-state index contributed by atoms with van der Waals surface area (Å²) in [5.74, 6) is 1.65. The first-order valence-electron chi connectivity index (χ1n) is 8.66. The summed E-state index contributed by atoms with van der Waals surface area (Å²) < 4.78 is 15.5. The number of likely N-dealkylation sites (tertiary alicyclic amines) is 1. The van der Waals surface area contributed by atoms with Crippen LogP contribution in [0.2, 0.25) is 0 Å². The molecule has 2 aromatic heterocycles. The minimum absolute atomic E-state index is 0.0995. The number of carbonyl (C=O) groups excluding carboxylic acids is 1. The van der Waals surface area contributed by atoms with Gasteiger partial charge in [-0.1, -0.05) is 0 Å². The Morgan fingerprint density at radius 3 is 2.41 bits per heavy atom. The first-order chi connectivity index (χ1) is 13.2. The summed E-state index contributed by atoms with van der Waals surface area (Å²) in [7, 11) is 4.57. The molecule has 27 heavy (non-hydrogen) atoms. The fraction of sp³-hybridized carbons (Fsp3) is 0.444. The Kier molecular flexibility index (Phi) is 5.90. The van der Waals surface area contributed by atoms with Gasteiger partial charge in [-0.2, -0.15) is 4.98 Å². The molecule has 3 rings (SSSR count). The van der Waals surface area contributed by atoms with E-state index < -0.39 is 0 Å². The van der Waals surface area contributed by atoms with Crippen LogP contribution >= 0.6 is 0 Å². The van der Waals surface area contributed by atoms with Gasteiger partial charge >= 0.3 is 0 Å². The Labute approximate surface area is 157 Å². The second kappa shape index (κ2) is 8.52. The van der Waals surface area contributed by atoms with Gasteiger partial charge in [0.25, 0.3) is 11.8 Å². The third-order valence-corrected chi connectivity index (χ3v) is 4.45. The number of rotatable bonds is 6. The third kappa shape index (κ3) is 4.18. The van der Waals surface area contributed by atoms with Gasteiger partial charge in [0.2, 0.25) is 11.8 Å². The average Bonchev–Trinajstić information content (AvgIpc) is 2.73. The predicted octanol–water partition coefficient (Wildman–Crippen LogP) is 1.61. The molecule has 1 saturated heterocycles. The molecular formula is C18H23N5O4. The van der Waals surface area contributed by atoms with Crippen molar-refractivity contribution in [2.75, 3.05) is 39.7 Å². The van der Waals surface area contributed by atoms with Crippen LogP contribution in [0, 0.1) is 0 Å². The molecule has 0 aliphatic carbocycles. The van der Waals surface area contributed by atoms with Crippen molar-refractivity contribution in [3.05, 3.63) is 30.1 Å². The molecule has 0 unspecified atom stereocenters. The van der Waals surface area contributed by atoms with E-state index in [0.29, 0.717) is 36.2 Å². The van der Waals surface area contributed by atoms with E-state index in [0.717, 1.165) is 12.8 Å². The normalized spacial score (nSPS) is 14.6. The second-order valence-electron chi connectivity index (χ2n) is 6.04. The van der Waals surface area contributed by atoms with Crippen molar-refractivity contribution < 1.29 is 19.0 Å². The van der Waals surface area contributed by atoms with Gasteiger partial charge in [0.15, 0.2) is 5.82 Å². The van der Waals surface area contributed by atoms with Crippen LogP contribution in [0.1, 0.15) is 23.2 Å². The van der Waals surface area contributed by atoms with E-state index >= 15 is 0 Å². The molecule has 3 heterocycles. The molecule has 9 heteroatoms. The summed E-state index contributed by atoms with van der Waals surface area (Å²) >= 11 is 0. The van der Waals surface area contributed by atoms with Crippen molar-refractivity contribution in [3.8, 4) is 17.6 Å². The van der Waals surface area contributed by atoms with Gasteiger partial charge in [-0.05, 0) is 18.9 Å². The summed E-state index contributed by atoms with van der Waals surface area (Å²) in [5.41, 5.74) is 0.431. The smallest absolute Gasteiger partial charge is 0.259 e. The Hall–Kier alpha value is -3.10. The second-order valence-corrected chi connectivity index (χ2v) is 6.04. The minimum atomic E-state index is -0.0995. The van der Waals surface area contributed by atoms with E-state index in [1.54, 1.807) is 36.5 Å². The van der Waals surface area contributed by atoms with Crippen LogP contribution in [0.5, 0.6) is 17.6 Å². The lowest BCUT2D eigenvalue weighted by atomic mass is 10.0. The van der Waals surface area contributed by atoms with E-state index in [1.807, 2.05) is 0 Å².